The van der Waals surface area contributed by atoms with Crippen molar-refractivity contribution in [2.45, 2.75) is 17.3 Å². The third-order valence-electron chi connectivity index (χ3n) is 8.73. The van der Waals surface area contributed by atoms with Gasteiger partial charge in [-0.25, -0.2) is 0 Å². The number of hydrogen-bond donors (Lipinski definition) is 0. The minimum absolute atomic E-state index is 0. The van der Waals surface area contributed by atoms with Gasteiger partial charge in [0.25, 0.3) is 0 Å². The van der Waals surface area contributed by atoms with Gasteiger partial charge in [0.15, 0.2) is 0 Å². The van der Waals surface area contributed by atoms with Gasteiger partial charge in [0, 0.05) is 36.6 Å². The number of rotatable bonds is 4. The fourth-order valence-corrected chi connectivity index (χ4v) is 8.41. The first kappa shape index (κ1) is 32.7. The van der Waals surface area contributed by atoms with Crippen LogP contribution in [0.2, 0.25) is 17.3 Å². The van der Waals surface area contributed by atoms with Crippen LogP contribution in [0, 0.1) is 12.1 Å². The number of para-hydroxylation sites is 2. The first-order chi connectivity index (χ1) is 23.5. The van der Waals surface area contributed by atoms with Gasteiger partial charge in [0.1, 0.15) is 5.58 Å². The summed E-state index contributed by atoms with van der Waals surface area (Å²) < 4.78 is 10.0. The molecule has 0 amide bonds. The molecule has 9 aromatic rings. The van der Waals surface area contributed by atoms with Crippen molar-refractivity contribution in [3.05, 3.63) is 158 Å². The van der Waals surface area contributed by atoms with E-state index in [0.29, 0.717) is 0 Å². The van der Waals surface area contributed by atoms with Gasteiger partial charge in [0.2, 0.25) is 0 Å². The number of hydrogen-bond acceptors (Lipinski definition) is 3. The zero-order chi connectivity index (χ0) is 32.7. The number of imidazole rings is 1. The molecule has 6 heteroatoms. The Labute approximate surface area is 302 Å². The monoisotopic (exact) mass is 874 g/mol. The molecule has 0 bridgehead atoms. The molecule has 3 heterocycles. The molecule has 49 heavy (non-hydrogen) atoms. The van der Waals surface area contributed by atoms with Crippen LogP contribution in [-0.4, -0.2) is 27.8 Å². The fraction of sp³-hybridized carbons (Fsp3) is 0.0698. The molecule has 0 saturated carbocycles. The summed E-state index contributed by atoms with van der Waals surface area (Å²) in [4.78, 5) is 9.63. The summed E-state index contributed by atoms with van der Waals surface area (Å²) in [5.74, 6) is 7.97. The number of fused-ring (bicyclic) bond motifs is 6. The third-order valence-corrected chi connectivity index (χ3v) is 13.0. The van der Waals surface area contributed by atoms with Crippen molar-refractivity contribution in [1.29, 1.82) is 0 Å². The van der Waals surface area contributed by atoms with Crippen molar-refractivity contribution in [2.75, 3.05) is 0 Å². The summed E-state index contributed by atoms with van der Waals surface area (Å²) in [7, 11) is 0. The number of aromatic nitrogens is 3. The molecule has 241 valence electrons. The van der Waals surface area contributed by atoms with Crippen LogP contribution in [0.3, 0.4) is 0 Å². The van der Waals surface area contributed by atoms with E-state index in [1.807, 2.05) is 60.8 Å². The summed E-state index contributed by atoms with van der Waals surface area (Å²) in [5.41, 5.74) is 7.72. The Balaban J connectivity index is 0.000000189. The van der Waals surface area contributed by atoms with Gasteiger partial charge < -0.3 is 8.98 Å². The molecular formula is C43H33GeIrN3O-2. The molecule has 0 fully saturated rings. The summed E-state index contributed by atoms with van der Waals surface area (Å²) in [6.07, 6.45) is 2.04. The summed E-state index contributed by atoms with van der Waals surface area (Å²) in [5, 5.41) is 4.54. The summed E-state index contributed by atoms with van der Waals surface area (Å²) >= 11 is -1.72. The second-order valence-corrected chi connectivity index (χ2v) is 23.6. The Morgan fingerprint density at radius 1 is 0.653 bits per heavy atom. The first-order valence-electron chi connectivity index (χ1n) is 16.2. The second-order valence-electron chi connectivity index (χ2n) is 12.9. The van der Waals surface area contributed by atoms with Crippen LogP contribution in [0.15, 0.2) is 150 Å². The van der Waals surface area contributed by atoms with Gasteiger partial charge in [-0.05, 0) is 29.7 Å². The Morgan fingerprint density at radius 3 is 2.16 bits per heavy atom. The Kier molecular flexibility index (Phi) is 9.08. The normalized spacial score (nSPS) is 11.4. The van der Waals surface area contributed by atoms with Crippen molar-refractivity contribution in [2.24, 2.45) is 0 Å². The van der Waals surface area contributed by atoms with Crippen LogP contribution >= 0.6 is 0 Å². The van der Waals surface area contributed by atoms with E-state index >= 15 is 0 Å². The van der Waals surface area contributed by atoms with Crippen LogP contribution in [0.25, 0.3) is 72.1 Å². The predicted molar refractivity (Wildman–Crippen MR) is 202 cm³/mol. The summed E-state index contributed by atoms with van der Waals surface area (Å²) in [6.45, 7) is 0. The van der Waals surface area contributed by atoms with E-state index in [4.69, 9.17) is 9.40 Å². The summed E-state index contributed by atoms with van der Waals surface area (Å²) in [6, 6.07) is 54.2. The van der Waals surface area contributed by atoms with E-state index < -0.39 is 13.3 Å². The first-order valence-corrected chi connectivity index (χ1v) is 23.5. The molecular weight excluding hydrogens is 839 g/mol. The van der Waals surface area contributed by atoms with E-state index in [-0.39, 0.29) is 20.1 Å². The van der Waals surface area contributed by atoms with Crippen LogP contribution in [-0.2, 0) is 20.1 Å². The van der Waals surface area contributed by atoms with Gasteiger partial charge in [-0.15, -0.1) is 18.2 Å². The third kappa shape index (κ3) is 6.26. The van der Waals surface area contributed by atoms with Gasteiger partial charge in [-0.1, -0.05) is 77.7 Å². The standard InChI is InChI=1S/C29H17N2O.C14H16GeN.Ir/c1-2-10-20(11-3-1)31-27-21-12-5-4-9-19(21)17-18-25(27)30-29(31)24-15-8-14-23-22-13-6-7-16-26(22)32-28(23)24;1-15(2,3)13-9-10-14(16-11-13)12-7-5-4-6-8-12;/h1-14,16-18H;4-7,9-11H,1-3H3;/q2*-1;. The molecule has 0 N–H and O–H groups in total. The van der Waals surface area contributed by atoms with E-state index in [1.165, 1.54) is 15.2 Å². The Hall–Kier alpha value is -4.81. The zero-order valence-corrected chi connectivity index (χ0v) is 31.9. The van der Waals surface area contributed by atoms with Gasteiger partial charge >= 0.3 is 99.8 Å². The number of pyridine rings is 1. The molecule has 6 aromatic carbocycles. The van der Waals surface area contributed by atoms with Crippen LogP contribution < -0.4 is 4.40 Å². The number of nitrogens with zero attached hydrogens (tertiary/aromatic N) is 3. The van der Waals surface area contributed by atoms with Gasteiger partial charge in [-0.3, -0.25) is 4.98 Å². The maximum Gasteiger partial charge on any atom is 0.120 e. The SMILES string of the molecule is [CH3][Ge]([CH3])([CH3])[c]1ccc(-c2[c-]cccc2)nc1.[Ir].[c-]1ccc2c(oc3ccccc32)c1-c1nc2ccc3ccccc3c2n1-c1ccccc1. The maximum absolute atomic E-state index is 6.33. The molecule has 0 aliphatic rings. The number of furan rings is 1. The number of benzene rings is 6. The van der Waals surface area contributed by atoms with Gasteiger partial charge in [-0.2, -0.15) is 0 Å². The molecule has 9 rings (SSSR count). The van der Waals surface area contributed by atoms with Crippen molar-refractivity contribution in [1.82, 2.24) is 14.5 Å². The van der Waals surface area contributed by atoms with E-state index in [0.717, 1.165) is 61.3 Å². The molecule has 0 spiro atoms. The fourth-order valence-electron chi connectivity index (χ4n) is 6.24. The molecule has 0 saturated heterocycles. The topological polar surface area (TPSA) is 43.9 Å². The quantitative estimate of drug-likeness (QED) is 0.131. The molecule has 0 unspecified atom stereocenters. The van der Waals surface area contributed by atoms with Gasteiger partial charge in [0.05, 0.1) is 22.4 Å². The van der Waals surface area contributed by atoms with Crippen molar-refractivity contribution in [3.8, 4) is 28.3 Å². The minimum atomic E-state index is -1.72. The molecule has 0 atom stereocenters. The minimum Gasteiger partial charge on any atom is -0.501 e. The smallest absolute Gasteiger partial charge is 0.120 e. The predicted octanol–water partition coefficient (Wildman–Crippen LogP) is 10.6. The molecule has 3 aromatic heterocycles. The van der Waals surface area contributed by atoms with Crippen LogP contribution in [0.1, 0.15) is 0 Å². The Bertz CT molecular complexity index is 2530. The van der Waals surface area contributed by atoms with Crippen LogP contribution in [0.4, 0.5) is 0 Å². The Morgan fingerprint density at radius 2 is 1.41 bits per heavy atom. The van der Waals surface area contributed by atoms with Crippen molar-refractivity contribution >= 4 is 61.4 Å². The average molecular weight is 873 g/mol. The second kappa shape index (κ2) is 13.6. The molecule has 0 aliphatic carbocycles. The molecule has 4 nitrogen and oxygen atoms in total. The van der Waals surface area contributed by atoms with Crippen molar-refractivity contribution < 1.29 is 24.5 Å². The van der Waals surface area contributed by atoms with E-state index in [1.54, 1.807) is 0 Å². The maximum atomic E-state index is 6.33. The van der Waals surface area contributed by atoms with E-state index in [2.05, 4.69) is 124 Å². The van der Waals surface area contributed by atoms with E-state index in [9.17, 15) is 0 Å². The van der Waals surface area contributed by atoms with Crippen LogP contribution in [0.5, 0.6) is 0 Å². The molecule has 0 aliphatic heterocycles. The zero-order valence-electron chi connectivity index (χ0n) is 27.4. The van der Waals surface area contributed by atoms with Crippen molar-refractivity contribution in [3.63, 3.8) is 0 Å². The average Bonchev–Trinajstić information content (AvgIpc) is 3.72. The largest absolute Gasteiger partial charge is 0.501 e. The molecule has 1 radical (unpaired) electrons.